The zero-order valence-electron chi connectivity index (χ0n) is 10.1. The number of ether oxygens (including phenoxy) is 1. The zero-order chi connectivity index (χ0) is 11.5. The maximum absolute atomic E-state index is 6.03. The topological polar surface area (TPSA) is 35.2 Å². The van der Waals surface area contributed by atoms with Crippen molar-refractivity contribution in [3.8, 4) is 5.75 Å². The number of benzene rings is 1. The van der Waals surface area contributed by atoms with Crippen LogP contribution in [-0.2, 0) is 12.8 Å². The van der Waals surface area contributed by atoms with Crippen molar-refractivity contribution >= 4 is 0 Å². The lowest BCUT2D eigenvalue weighted by Crippen LogP contribution is -2.34. The fourth-order valence-electron chi connectivity index (χ4n) is 1.68. The highest BCUT2D eigenvalue weighted by atomic mass is 16.5. The predicted molar refractivity (Wildman–Crippen MR) is 64.3 cm³/mol. The van der Waals surface area contributed by atoms with E-state index in [1.165, 1.54) is 11.1 Å². The Balaban J connectivity index is 3.01. The molecule has 0 unspecified atom stereocenters. The molecule has 0 spiro atoms. The molecule has 1 rings (SSSR count). The van der Waals surface area contributed by atoms with E-state index in [1.54, 1.807) is 7.11 Å². The fraction of sp³-hybridized carbons (Fsp3) is 0.538. The molecule has 84 valence electrons. The van der Waals surface area contributed by atoms with E-state index in [-0.39, 0.29) is 5.54 Å². The number of aryl methyl sites for hydroxylation is 1. The van der Waals surface area contributed by atoms with Crippen LogP contribution in [0.5, 0.6) is 5.75 Å². The van der Waals surface area contributed by atoms with Gasteiger partial charge in [0.25, 0.3) is 0 Å². The summed E-state index contributed by atoms with van der Waals surface area (Å²) in [6.07, 6.45) is 1.88. The molecule has 0 aliphatic rings. The van der Waals surface area contributed by atoms with Crippen LogP contribution in [0, 0.1) is 0 Å². The molecule has 0 fully saturated rings. The molecule has 0 aliphatic carbocycles. The first-order valence-electron chi connectivity index (χ1n) is 5.41. The van der Waals surface area contributed by atoms with Gasteiger partial charge in [-0.2, -0.15) is 0 Å². The second-order valence-electron chi connectivity index (χ2n) is 4.67. The van der Waals surface area contributed by atoms with E-state index in [9.17, 15) is 0 Å². The van der Waals surface area contributed by atoms with Gasteiger partial charge in [-0.05, 0) is 43.9 Å². The van der Waals surface area contributed by atoms with Crippen molar-refractivity contribution in [1.29, 1.82) is 0 Å². The molecule has 2 N–H and O–H groups in total. The summed E-state index contributed by atoms with van der Waals surface area (Å²) in [5.41, 5.74) is 8.36. The van der Waals surface area contributed by atoms with Crippen LogP contribution in [0.2, 0.25) is 0 Å². The molecule has 0 atom stereocenters. The average Bonchev–Trinajstić information content (AvgIpc) is 2.15. The summed E-state index contributed by atoms with van der Waals surface area (Å²) in [5.74, 6) is 0.936. The summed E-state index contributed by atoms with van der Waals surface area (Å²) in [6.45, 7) is 6.22. The molecule has 0 aliphatic heterocycles. The molecular weight excluding hydrogens is 186 g/mol. The third-order valence-electron chi connectivity index (χ3n) is 2.40. The summed E-state index contributed by atoms with van der Waals surface area (Å²) in [5, 5.41) is 0. The van der Waals surface area contributed by atoms with Gasteiger partial charge in [-0.25, -0.2) is 0 Å². The van der Waals surface area contributed by atoms with Crippen LogP contribution >= 0.6 is 0 Å². The number of hydrogen-bond acceptors (Lipinski definition) is 2. The van der Waals surface area contributed by atoms with Gasteiger partial charge in [0.05, 0.1) is 7.11 Å². The predicted octanol–water partition coefficient (Wildman–Crippen LogP) is 2.54. The Bertz CT molecular complexity index is 326. The van der Waals surface area contributed by atoms with Crippen LogP contribution < -0.4 is 10.5 Å². The first kappa shape index (κ1) is 12.1. The lowest BCUT2D eigenvalue weighted by molar-refractivity contribution is 0.402. The number of hydrogen-bond donors (Lipinski definition) is 1. The van der Waals surface area contributed by atoms with Crippen molar-refractivity contribution in [3.63, 3.8) is 0 Å². The lowest BCUT2D eigenvalue weighted by Gasteiger charge is -2.20. The lowest BCUT2D eigenvalue weighted by atomic mass is 9.94. The van der Waals surface area contributed by atoms with Crippen molar-refractivity contribution in [2.75, 3.05) is 7.11 Å². The van der Waals surface area contributed by atoms with E-state index >= 15 is 0 Å². The molecule has 0 saturated heterocycles. The van der Waals surface area contributed by atoms with Gasteiger partial charge in [0, 0.05) is 5.54 Å². The van der Waals surface area contributed by atoms with E-state index in [4.69, 9.17) is 10.5 Å². The van der Waals surface area contributed by atoms with Crippen molar-refractivity contribution < 1.29 is 4.74 Å². The van der Waals surface area contributed by atoms with Crippen LogP contribution in [0.1, 0.15) is 31.9 Å². The van der Waals surface area contributed by atoms with Gasteiger partial charge in [-0.3, -0.25) is 0 Å². The van der Waals surface area contributed by atoms with E-state index in [2.05, 4.69) is 19.1 Å². The highest BCUT2D eigenvalue weighted by molar-refractivity contribution is 5.38. The van der Waals surface area contributed by atoms with E-state index < -0.39 is 0 Å². The monoisotopic (exact) mass is 207 g/mol. The minimum Gasteiger partial charge on any atom is -0.496 e. The minimum atomic E-state index is -0.195. The second kappa shape index (κ2) is 4.67. The fourth-order valence-corrected chi connectivity index (χ4v) is 1.68. The van der Waals surface area contributed by atoms with Crippen molar-refractivity contribution in [2.45, 2.75) is 39.2 Å². The second-order valence-corrected chi connectivity index (χ2v) is 4.67. The SMILES string of the molecule is CCc1ccc(OC)c(CC(C)(C)N)c1. The molecule has 0 bridgehead atoms. The zero-order valence-corrected chi connectivity index (χ0v) is 10.1. The summed E-state index contributed by atoms with van der Waals surface area (Å²) in [6, 6.07) is 6.32. The molecule has 0 aromatic heterocycles. The molecule has 0 amide bonds. The van der Waals surface area contributed by atoms with Gasteiger partial charge >= 0.3 is 0 Å². The first-order valence-corrected chi connectivity index (χ1v) is 5.41. The molecular formula is C13H21NO. The molecule has 0 heterocycles. The molecule has 2 heteroatoms. The Morgan fingerprint density at radius 3 is 2.47 bits per heavy atom. The van der Waals surface area contributed by atoms with Crippen LogP contribution in [0.15, 0.2) is 18.2 Å². The van der Waals surface area contributed by atoms with Crippen molar-refractivity contribution in [3.05, 3.63) is 29.3 Å². The van der Waals surface area contributed by atoms with Gasteiger partial charge in [-0.1, -0.05) is 19.1 Å². The largest absolute Gasteiger partial charge is 0.496 e. The van der Waals surface area contributed by atoms with Crippen LogP contribution in [0.4, 0.5) is 0 Å². The van der Waals surface area contributed by atoms with Gasteiger partial charge in [-0.15, -0.1) is 0 Å². The van der Waals surface area contributed by atoms with Crippen molar-refractivity contribution in [1.82, 2.24) is 0 Å². The maximum Gasteiger partial charge on any atom is 0.122 e. The maximum atomic E-state index is 6.03. The third-order valence-corrected chi connectivity index (χ3v) is 2.40. The Morgan fingerprint density at radius 1 is 1.33 bits per heavy atom. The van der Waals surface area contributed by atoms with E-state index in [0.29, 0.717) is 0 Å². The Hall–Kier alpha value is -1.02. The molecule has 1 aromatic carbocycles. The Labute approximate surface area is 92.4 Å². The standard InChI is InChI=1S/C13H21NO/c1-5-10-6-7-12(15-4)11(8-10)9-13(2,3)14/h6-8H,5,9,14H2,1-4H3. The van der Waals surface area contributed by atoms with Crippen LogP contribution in [0.25, 0.3) is 0 Å². The molecule has 0 radical (unpaired) electrons. The van der Waals surface area contributed by atoms with Gasteiger partial charge in [0.15, 0.2) is 0 Å². The number of methoxy groups -OCH3 is 1. The van der Waals surface area contributed by atoms with E-state index in [0.717, 1.165) is 18.6 Å². The van der Waals surface area contributed by atoms with E-state index in [1.807, 2.05) is 19.9 Å². The smallest absolute Gasteiger partial charge is 0.122 e. The summed E-state index contributed by atoms with van der Waals surface area (Å²) >= 11 is 0. The summed E-state index contributed by atoms with van der Waals surface area (Å²) < 4.78 is 5.34. The summed E-state index contributed by atoms with van der Waals surface area (Å²) in [4.78, 5) is 0. The molecule has 1 aromatic rings. The minimum absolute atomic E-state index is 0.195. The number of rotatable bonds is 4. The Kier molecular flexibility index (Phi) is 3.75. The average molecular weight is 207 g/mol. The van der Waals surface area contributed by atoms with Gasteiger partial charge in [0.2, 0.25) is 0 Å². The molecule has 0 saturated carbocycles. The summed E-state index contributed by atoms with van der Waals surface area (Å²) in [7, 11) is 1.70. The van der Waals surface area contributed by atoms with Gasteiger partial charge in [0.1, 0.15) is 5.75 Å². The van der Waals surface area contributed by atoms with Crippen LogP contribution in [-0.4, -0.2) is 12.6 Å². The van der Waals surface area contributed by atoms with Crippen LogP contribution in [0.3, 0.4) is 0 Å². The first-order chi connectivity index (χ1) is 6.96. The number of nitrogens with two attached hydrogens (primary N) is 1. The van der Waals surface area contributed by atoms with Gasteiger partial charge < -0.3 is 10.5 Å². The molecule has 15 heavy (non-hydrogen) atoms. The normalized spacial score (nSPS) is 11.5. The quantitative estimate of drug-likeness (QED) is 0.823. The highest BCUT2D eigenvalue weighted by Gasteiger charge is 2.15. The third kappa shape index (κ3) is 3.56. The molecule has 2 nitrogen and oxygen atoms in total. The highest BCUT2D eigenvalue weighted by Crippen LogP contribution is 2.23. The Morgan fingerprint density at radius 2 is 2.00 bits per heavy atom. The van der Waals surface area contributed by atoms with Crippen molar-refractivity contribution in [2.24, 2.45) is 5.73 Å².